The molecule has 1 aromatic carbocycles. The van der Waals surface area contributed by atoms with E-state index in [0.717, 1.165) is 12.8 Å². The van der Waals surface area contributed by atoms with Crippen LogP contribution in [0.4, 0.5) is 9.18 Å². The van der Waals surface area contributed by atoms with Crippen LogP contribution in [0.15, 0.2) is 16.6 Å². The Morgan fingerprint density at radius 3 is 2.68 bits per heavy atom. The lowest BCUT2D eigenvalue weighted by Gasteiger charge is -2.07. The predicted octanol–water partition coefficient (Wildman–Crippen LogP) is 4.39. The van der Waals surface area contributed by atoms with Gasteiger partial charge in [0.05, 0.1) is 11.1 Å². The van der Waals surface area contributed by atoms with Crippen molar-refractivity contribution in [2.24, 2.45) is 0 Å². The second kappa shape index (κ2) is 9.56. The van der Waals surface area contributed by atoms with Crippen LogP contribution in [0.1, 0.15) is 48.5 Å². The molecule has 0 bridgehead atoms. The molecule has 0 aliphatic rings. The van der Waals surface area contributed by atoms with E-state index in [2.05, 4.69) is 21.2 Å². The summed E-state index contributed by atoms with van der Waals surface area (Å²) in [5, 5.41) is 2.59. The van der Waals surface area contributed by atoms with E-state index in [0.29, 0.717) is 35.2 Å². The summed E-state index contributed by atoms with van der Waals surface area (Å²) >= 11 is 3.12. The van der Waals surface area contributed by atoms with Gasteiger partial charge in [-0.1, -0.05) is 13.3 Å². The quantitative estimate of drug-likeness (QED) is 0.543. The number of aryl methyl sites for hydroxylation is 1. The van der Waals surface area contributed by atoms with E-state index in [1.54, 1.807) is 13.0 Å². The number of carbonyl (C=O) groups excluding carboxylic acids is 2. The van der Waals surface area contributed by atoms with Crippen LogP contribution in [0.3, 0.4) is 0 Å². The maximum atomic E-state index is 13.6. The van der Waals surface area contributed by atoms with E-state index in [1.807, 2.05) is 6.92 Å². The van der Waals surface area contributed by atoms with Gasteiger partial charge in [0.1, 0.15) is 5.82 Å². The molecule has 1 rings (SSSR count). The van der Waals surface area contributed by atoms with Crippen LogP contribution < -0.4 is 5.32 Å². The lowest BCUT2D eigenvalue weighted by Crippen LogP contribution is -2.26. The molecule has 0 radical (unpaired) electrons. The molecule has 6 heteroatoms. The fraction of sp³-hybridized carbons (Fsp3) is 0.500. The fourth-order valence-electron chi connectivity index (χ4n) is 1.83. The van der Waals surface area contributed by atoms with E-state index in [-0.39, 0.29) is 12.2 Å². The molecule has 0 heterocycles. The van der Waals surface area contributed by atoms with E-state index in [1.165, 1.54) is 6.07 Å². The van der Waals surface area contributed by atoms with E-state index < -0.39 is 11.9 Å². The summed E-state index contributed by atoms with van der Waals surface area (Å²) in [6.07, 6.45) is 2.06. The maximum absolute atomic E-state index is 13.6. The Hall–Kier alpha value is -1.43. The van der Waals surface area contributed by atoms with E-state index in [4.69, 9.17) is 4.74 Å². The molecule has 0 saturated heterocycles. The lowest BCUT2D eigenvalue weighted by atomic mass is 10.0. The Morgan fingerprint density at radius 2 is 2.05 bits per heavy atom. The average Bonchev–Trinajstić information content (AvgIpc) is 2.48. The standard InChI is InChI=1S/C16H21BrFNO3/c1-3-4-8-22-16(21)19-7-5-6-14(20)12-9-11(2)15(17)13(18)10-12/h9-10H,3-8H2,1-2H3,(H,19,21). The maximum Gasteiger partial charge on any atom is 0.407 e. The smallest absolute Gasteiger partial charge is 0.407 e. The summed E-state index contributed by atoms with van der Waals surface area (Å²) in [6, 6.07) is 2.88. The van der Waals surface area contributed by atoms with Gasteiger partial charge in [-0.2, -0.15) is 0 Å². The number of hydrogen-bond acceptors (Lipinski definition) is 3. The topological polar surface area (TPSA) is 55.4 Å². The number of Topliss-reactive ketones (excluding diaryl/α,β-unsaturated/α-hetero) is 1. The molecule has 0 saturated carbocycles. The molecule has 4 nitrogen and oxygen atoms in total. The fourth-order valence-corrected chi connectivity index (χ4v) is 2.06. The molecule has 0 aliphatic heterocycles. The minimum atomic E-state index is -0.466. The number of unbranched alkanes of at least 4 members (excludes halogenated alkanes) is 1. The highest BCUT2D eigenvalue weighted by Gasteiger charge is 2.11. The Labute approximate surface area is 138 Å². The number of hydrogen-bond donors (Lipinski definition) is 1. The Morgan fingerprint density at radius 1 is 1.32 bits per heavy atom. The van der Waals surface area contributed by atoms with Crippen LogP contribution in [0, 0.1) is 12.7 Å². The first kappa shape index (κ1) is 18.6. The van der Waals surface area contributed by atoms with Crippen molar-refractivity contribution in [2.75, 3.05) is 13.2 Å². The van der Waals surface area contributed by atoms with Gasteiger partial charge >= 0.3 is 6.09 Å². The number of alkyl carbamates (subject to hydrolysis) is 1. The summed E-state index contributed by atoms with van der Waals surface area (Å²) in [5.41, 5.74) is 1.03. The summed E-state index contributed by atoms with van der Waals surface area (Å²) in [6.45, 7) is 4.50. The molecular weight excluding hydrogens is 353 g/mol. The number of carbonyl (C=O) groups is 2. The number of rotatable bonds is 8. The highest BCUT2D eigenvalue weighted by atomic mass is 79.9. The van der Waals surface area contributed by atoms with Gasteiger partial charge in [-0.3, -0.25) is 4.79 Å². The molecule has 0 atom stereocenters. The first-order valence-corrected chi connectivity index (χ1v) is 8.14. The van der Waals surface area contributed by atoms with Crippen LogP contribution in [0.25, 0.3) is 0 Å². The van der Waals surface area contributed by atoms with Crippen molar-refractivity contribution < 1.29 is 18.7 Å². The van der Waals surface area contributed by atoms with Crippen LogP contribution in [-0.2, 0) is 4.74 Å². The summed E-state index contributed by atoms with van der Waals surface area (Å²) in [5.74, 6) is -0.586. The van der Waals surface area contributed by atoms with E-state index in [9.17, 15) is 14.0 Å². The van der Waals surface area contributed by atoms with Crippen molar-refractivity contribution in [1.29, 1.82) is 0 Å². The molecule has 22 heavy (non-hydrogen) atoms. The van der Waals surface area contributed by atoms with Gasteiger partial charge in [-0.25, -0.2) is 9.18 Å². The molecule has 122 valence electrons. The summed E-state index contributed by atoms with van der Waals surface area (Å²) < 4.78 is 18.9. The molecular formula is C16H21BrFNO3. The first-order chi connectivity index (χ1) is 10.5. The third-order valence-corrected chi connectivity index (χ3v) is 4.12. The van der Waals surface area contributed by atoms with Gasteiger partial charge in [0.2, 0.25) is 0 Å². The van der Waals surface area contributed by atoms with Crippen molar-refractivity contribution >= 4 is 27.8 Å². The van der Waals surface area contributed by atoms with E-state index >= 15 is 0 Å². The monoisotopic (exact) mass is 373 g/mol. The van der Waals surface area contributed by atoms with Crippen molar-refractivity contribution in [1.82, 2.24) is 5.32 Å². The lowest BCUT2D eigenvalue weighted by molar-refractivity contribution is 0.0977. The van der Waals surface area contributed by atoms with Gasteiger partial charge in [0, 0.05) is 18.5 Å². The zero-order chi connectivity index (χ0) is 16.5. The summed E-state index contributed by atoms with van der Waals surface area (Å²) in [7, 11) is 0. The minimum Gasteiger partial charge on any atom is -0.450 e. The van der Waals surface area contributed by atoms with Crippen LogP contribution >= 0.6 is 15.9 Å². The summed E-state index contributed by atoms with van der Waals surface area (Å²) in [4.78, 5) is 23.3. The molecule has 0 fully saturated rings. The van der Waals surface area contributed by atoms with Gasteiger partial charge < -0.3 is 10.1 Å². The molecule has 1 amide bonds. The Balaban J connectivity index is 2.33. The number of ether oxygens (including phenoxy) is 1. The van der Waals surface area contributed by atoms with Crippen molar-refractivity contribution in [3.63, 3.8) is 0 Å². The second-order valence-electron chi connectivity index (χ2n) is 5.03. The largest absolute Gasteiger partial charge is 0.450 e. The van der Waals surface area contributed by atoms with Crippen LogP contribution in [-0.4, -0.2) is 25.0 Å². The second-order valence-corrected chi connectivity index (χ2v) is 5.82. The van der Waals surface area contributed by atoms with Crippen molar-refractivity contribution in [2.45, 2.75) is 39.5 Å². The molecule has 0 unspecified atom stereocenters. The zero-order valence-corrected chi connectivity index (χ0v) is 14.5. The normalized spacial score (nSPS) is 10.4. The molecule has 1 N–H and O–H groups in total. The molecule has 0 aromatic heterocycles. The SMILES string of the molecule is CCCCOC(=O)NCCCC(=O)c1cc(C)c(Br)c(F)c1. The van der Waals surface area contributed by atoms with Gasteiger partial charge in [0.25, 0.3) is 0 Å². The molecule has 0 aliphatic carbocycles. The third kappa shape index (κ3) is 6.13. The van der Waals surface area contributed by atoms with Gasteiger partial charge in [-0.05, 0) is 53.4 Å². The first-order valence-electron chi connectivity index (χ1n) is 7.35. The Bertz CT molecular complexity index is 511. The molecule has 0 spiro atoms. The van der Waals surface area contributed by atoms with Crippen molar-refractivity contribution in [3.05, 3.63) is 33.5 Å². The number of ketones is 1. The third-order valence-electron chi connectivity index (χ3n) is 3.11. The predicted molar refractivity (Wildman–Crippen MR) is 86.7 cm³/mol. The molecule has 1 aromatic rings. The van der Waals surface area contributed by atoms with Crippen LogP contribution in [0.5, 0.6) is 0 Å². The highest BCUT2D eigenvalue weighted by Crippen LogP contribution is 2.22. The number of nitrogens with one attached hydrogen (secondary N) is 1. The number of amides is 1. The van der Waals surface area contributed by atoms with Crippen LogP contribution in [0.2, 0.25) is 0 Å². The number of halogens is 2. The zero-order valence-electron chi connectivity index (χ0n) is 12.9. The van der Waals surface area contributed by atoms with Gasteiger partial charge in [0.15, 0.2) is 5.78 Å². The van der Waals surface area contributed by atoms with Gasteiger partial charge in [-0.15, -0.1) is 0 Å². The number of benzene rings is 1. The highest BCUT2D eigenvalue weighted by molar-refractivity contribution is 9.10. The minimum absolute atomic E-state index is 0.143. The van der Waals surface area contributed by atoms with Crippen molar-refractivity contribution in [3.8, 4) is 0 Å². The average molecular weight is 374 g/mol. The Kier molecular flexibility index (Phi) is 8.09.